The van der Waals surface area contributed by atoms with Crippen molar-refractivity contribution in [3.8, 4) is 0 Å². The Morgan fingerprint density at radius 2 is 2.08 bits per heavy atom. The summed E-state index contributed by atoms with van der Waals surface area (Å²) >= 11 is 0. The Hall–Kier alpha value is -2.46. The number of carbonyl (C=O) groups excluding carboxylic acids is 1. The van der Waals surface area contributed by atoms with Gasteiger partial charge in [-0.1, -0.05) is 0 Å². The van der Waals surface area contributed by atoms with Gasteiger partial charge in [0.1, 0.15) is 5.69 Å². The molecule has 0 radical (unpaired) electrons. The molecule has 3 heterocycles. The van der Waals surface area contributed by atoms with Crippen molar-refractivity contribution in [1.82, 2.24) is 19.6 Å². The lowest BCUT2D eigenvalue weighted by atomic mass is 10.1. The molecule has 2 N–H and O–H groups in total. The number of nitrogens with zero attached hydrogens (tertiary/aromatic N) is 4. The van der Waals surface area contributed by atoms with Crippen LogP contribution in [0.25, 0.3) is 0 Å². The number of amides is 1. The fraction of sp³-hybridized carbons (Fsp3) is 0.625. The summed E-state index contributed by atoms with van der Waals surface area (Å²) in [4.78, 5) is 35.9. The summed E-state index contributed by atoms with van der Waals surface area (Å²) in [6.45, 7) is 5.16. The average molecular weight is 368 g/mol. The summed E-state index contributed by atoms with van der Waals surface area (Å²) < 4.78 is 7.39. The molecule has 2 bridgehead atoms. The van der Waals surface area contributed by atoms with Crippen molar-refractivity contribution in [1.29, 1.82) is 0 Å². The van der Waals surface area contributed by atoms with Gasteiger partial charge < -0.3 is 19.8 Å². The van der Waals surface area contributed by atoms with Gasteiger partial charge in [-0.25, -0.2) is 0 Å². The van der Waals surface area contributed by atoms with Crippen LogP contribution in [0.15, 0.2) is 12.3 Å². The van der Waals surface area contributed by atoms with Crippen LogP contribution in [0.3, 0.4) is 0 Å². The minimum absolute atomic E-state index is 0.000504. The second-order valence-corrected chi connectivity index (χ2v) is 6.26. The van der Waals surface area contributed by atoms with Gasteiger partial charge in [-0.05, 0) is 13.0 Å². The van der Waals surface area contributed by atoms with Gasteiger partial charge in [-0.15, -0.1) is 0 Å². The zero-order valence-corrected chi connectivity index (χ0v) is 14.7. The van der Waals surface area contributed by atoms with Crippen LogP contribution in [0.2, 0.25) is 0 Å². The van der Waals surface area contributed by atoms with Crippen molar-refractivity contribution in [3.05, 3.63) is 18.0 Å². The van der Waals surface area contributed by atoms with Gasteiger partial charge in [0.2, 0.25) is 0 Å². The molecule has 2 aliphatic heterocycles. The topological polar surface area (TPSA) is 125 Å². The Kier molecular flexibility index (Phi) is 7.10. The standard InChI is InChI=1S/C15H22N4O4.CH2O2/c1-2-18-4-3-13(16-18)15(22)19-6-11-5-17(8-14(20)21)7-12(19)10-23-9-11;2-1-3/h3-4,11-12H,2,5-10H2,1H3,(H,20,21);1H,(H,2,3)/t11-,12-;/m0./s1. The summed E-state index contributed by atoms with van der Waals surface area (Å²) in [5, 5.41) is 20.2. The molecule has 10 heteroatoms. The first kappa shape index (κ1) is 19.9. The maximum absolute atomic E-state index is 12.8. The predicted octanol–water partition coefficient (Wildman–Crippen LogP) is -0.539. The van der Waals surface area contributed by atoms with Crippen molar-refractivity contribution in [2.75, 3.05) is 39.4 Å². The van der Waals surface area contributed by atoms with Crippen LogP contribution in [-0.4, -0.2) is 93.6 Å². The quantitative estimate of drug-likeness (QED) is 0.679. The van der Waals surface area contributed by atoms with Gasteiger partial charge in [0, 0.05) is 38.3 Å². The van der Waals surface area contributed by atoms with E-state index in [0.717, 1.165) is 6.54 Å². The molecule has 2 fully saturated rings. The molecule has 1 amide bonds. The first-order chi connectivity index (χ1) is 12.5. The minimum Gasteiger partial charge on any atom is -0.483 e. The Balaban J connectivity index is 0.000000758. The van der Waals surface area contributed by atoms with Gasteiger partial charge in [-0.2, -0.15) is 5.10 Å². The second kappa shape index (κ2) is 9.30. The lowest BCUT2D eigenvalue weighted by Crippen LogP contribution is -2.47. The average Bonchev–Trinajstić information content (AvgIpc) is 2.89. The molecule has 3 rings (SSSR count). The van der Waals surface area contributed by atoms with E-state index in [1.165, 1.54) is 0 Å². The number of carboxylic acids is 1. The third kappa shape index (κ3) is 5.02. The number of hydrogen-bond acceptors (Lipinski definition) is 6. The molecular formula is C16H24N4O6. The molecule has 144 valence electrons. The lowest BCUT2D eigenvalue weighted by molar-refractivity contribution is -0.138. The molecule has 10 nitrogen and oxygen atoms in total. The monoisotopic (exact) mass is 368 g/mol. The van der Waals surface area contributed by atoms with Crippen molar-refractivity contribution in [3.63, 3.8) is 0 Å². The van der Waals surface area contributed by atoms with Gasteiger partial charge in [0.05, 0.1) is 25.8 Å². The van der Waals surface area contributed by atoms with E-state index < -0.39 is 5.97 Å². The molecule has 26 heavy (non-hydrogen) atoms. The molecule has 0 aliphatic carbocycles. The maximum Gasteiger partial charge on any atom is 0.317 e. The number of aryl methyl sites for hydroxylation is 1. The van der Waals surface area contributed by atoms with Crippen LogP contribution < -0.4 is 0 Å². The fourth-order valence-electron chi connectivity index (χ4n) is 3.31. The number of carboxylic acid groups (broad SMARTS) is 2. The number of hydrogen-bond donors (Lipinski definition) is 2. The number of fused-ring (bicyclic) bond motifs is 3. The van der Waals surface area contributed by atoms with Crippen molar-refractivity contribution in [2.24, 2.45) is 5.92 Å². The lowest BCUT2D eigenvalue weighted by Gasteiger charge is -2.30. The van der Waals surface area contributed by atoms with E-state index >= 15 is 0 Å². The van der Waals surface area contributed by atoms with E-state index in [-0.39, 0.29) is 30.9 Å². The molecular weight excluding hydrogens is 344 g/mol. The minimum atomic E-state index is -0.842. The third-order valence-electron chi connectivity index (χ3n) is 4.35. The number of ether oxygens (including phenoxy) is 1. The maximum atomic E-state index is 12.8. The summed E-state index contributed by atoms with van der Waals surface area (Å²) in [7, 11) is 0. The highest BCUT2D eigenvalue weighted by Crippen LogP contribution is 2.21. The number of aromatic nitrogens is 2. The first-order valence-corrected chi connectivity index (χ1v) is 8.42. The molecule has 0 saturated carbocycles. The second-order valence-electron chi connectivity index (χ2n) is 6.26. The SMILES string of the molecule is CCn1ccc(C(=O)N2C[C@H]3COC[C@@H]2CN(CC(=O)O)C3)n1.O=CO. The Morgan fingerprint density at radius 1 is 1.35 bits per heavy atom. The van der Waals surface area contributed by atoms with E-state index in [2.05, 4.69) is 5.10 Å². The van der Waals surface area contributed by atoms with Crippen LogP contribution >= 0.6 is 0 Å². The Morgan fingerprint density at radius 3 is 2.69 bits per heavy atom. The van der Waals surface area contributed by atoms with Crippen molar-refractivity contribution < 1.29 is 29.3 Å². The van der Waals surface area contributed by atoms with E-state index in [4.69, 9.17) is 19.7 Å². The zero-order chi connectivity index (χ0) is 19.1. The van der Waals surface area contributed by atoms with Crippen LogP contribution in [0.4, 0.5) is 0 Å². The van der Waals surface area contributed by atoms with Crippen molar-refractivity contribution >= 4 is 18.3 Å². The number of rotatable bonds is 4. The smallest absolute Gasteiger partial charge is 0.317 e. The number of carbonyl (C=O) groups is 3. The summed E-state index contributed by atoms with van der Waals surface area (Å²) in [5.74, 6) is -0.820. The van der Waals surface area contributed by atoms with Crippen LogP contribution in [0.1, 0.15) is 17.4 Å². The Bertz CT molecular complexity index is 634. The highest BCUT2D eigenvalue weighted by molar-refractivity contribution is 5.92. The van der Waals surface area contributed by atoms with Gasteiger partial charge in [0.15, 0.2) is 0 Å². The summed E-state index contributed by atoms with van der Waals surface area (Å²) in [6.07, 6.45) is 1.80. The van der Waals surface area contributed by atoms with E-state index in [0.29, 0.717) is 38.5 Å². The van der Waals surface area contributed by atoms with Crippen molar-refractivity contribution in [2.45, 2.75) is 19.5 Å². The van der Waals surface area contributed by atoms with Crippen LogP contribution in [0, 0.1) is 5.92 Å². The van der Waals surface area contributed by atoms with E-state index in [9.17, 15) is 9.59 Å². The van der Waals surface area contributed by atoms with Crippen LogP contribution in [0.5, 0.6) is 0 Å². The molecule has 2 atom stereocenters. The molecule has 1 aromatic rings. The summed E-state index contributed by atoms with van der Waals surface area (Å²) in [5.41, 5.74) is 0.434. The molecule has 1 aromatic heterocycles. The zero-order valence-electron chi connectivity index (χ0n) is 14.7. The fourth-order valence-corrected chi connectivity index (χ4v) is 3.31. The first-order valence-electron chi connectivity index (χ1n) is 8.42. The molecule has 0 unspecified atom stereocenters. The predicted molar refractivity (Wildman–Crippen MR) is 89.8 cm³/mol. The van der Waals surface area contributed by atoms with E-state index in [1.54, 1.807) is 16.9 Å². The van der Waals surface area contributed by atoms with Crippen LogP contribution in [-0.2, 0) is 20.9 Å². The normalized spacial score (nSPS) is 22.7. The summed E-state index contributed by atoms with van der Waals surface area (Å²) in [6, 6.07) is 1.59. The highest BCUT2D eigenvalue weighted by Gasteiger charge is 2.37. The largest absolute Gasteiger partial charge is 0.483 e. The van der Waals surface area contributed by atoms with E-state index in [1.807, 2.05) is 16.7 Å². The highest BCUT2D eigenvalue weighted by atomic mass is 16.5. The Labute approximate surface area is 150 Å². The number of aliphatic carboxylic acids is 1. The molecule has 2 aliphatic rings. The molecule has 0 aromatic carbocycles. The third-order valence-corrected chi connectivity index (χ3v) is 4.35. The van der Waals surface area contributed by atoms with Gasteiger partial charge >= 0.3 is 5.97 Å². The molecule has 2 saturated heterocycles. The van der Waals surface area contributed by atoms with Gasteiger partial charge in [0.25, 0.3) is 12.4 Å². The van der Waals surface area contributed by atoms with Gasteiger partial charge in [-0.3, -0.25) is 24.0 Å². The molecule has 0 spiro atoms.